The van der Waals surface area contributed by atoms with Crippen molar-refractivity contribution < 1.29 is 9.53 Å². The number of nitrogens with two attached hydrogens (primary N) is 1. The molecule has 21 heavy (non-hydrogen) atoms. The third kappa shape index (κ3) is 3.36. The summed E-state index contributed by atoms with van der Waals surface area (Å²) in [5.41, 5.74) is 7.08. The van der Waals surface area contributed by atoms with Gasteiger partial charge in [-0.2, -0.15) is 0 Å². The molecule has 2 aliphatic heterocycles. The lowest BCUT2D eigenvalue weighted by Crippen LogP contribution is -2.53. The van der Waals surface area contributed by atoms with Crippen molar-refractivity contribution in [3.05, 3.63) is 29.8 Å². The van der Waals surface area contributed by atoms with E-state index in [1.165, 1.54) is 0 Å². The van der Waals surface area contributed by atoms with Crippen LogP contribution in [0.5, 0.6) is 0 Å². The molecule has 1 aromatic carbocycles. The van der Waals surface area contributed by atoms with E-state index in [2.05, 4.69) is 4.90 Å². The predicted molar refractivity (Wildman–Crippen MR) is 82.2 cm³/mol. The first-order valence-electron chi connectivity index (χ1n) is 7.70. The average Bonchev–Trinajstić information content (AvgIpc) is 2.55. The molecule has 5 heteroatoms. The van der Waals surface area contributed by atoms with E-state index in [4.69, 9.17) is 10.5 Å². The zero-order valence-electron chi connectivity index (χ0n) is 12.3. The summed E-state index contributed by atoms with van der Waals surface area (Å²) in [7, 11) is 0. The van der Waals surface area contributed by atoms with E-state index < -0.39 is 0 Å². The number of anilines is 1. The summed E-state index contributed by atoms with van der Waals surface area (Å²) in [6, 6.07) is 7.86. The Kier molecular flexibility index (Phi) is 4.41. The van der Waals surface area contributed by atoms with Gasteiger partial charge in [0.2, 0.25) is 0 Å². The number of hydrogen-bond donors (Lipinski definition) is 1. The number of carbonyl (C=O) groups excluding carboxylic acids is 1. The lowest BCUT2D eigenvalue weighted by Gasteiger charge is -2.40. The zero-order chi connectivity index (χ0) is 14.7. The molecule has 0 aromatic heterocycles. The molecule has 0 spiro atoms. The van der Waals surface area contributed by atoms with Gasteiger partial charge in [0.15, 0.2) is 0 Å². The molecule has 0 unspecified atom stereocenters. The van der Waals surface area contributed by atoms with Crippen molar-refractivity contribution in [2.24, 2.45) is 0 Å². The molecule has 114 valence electrons. The van der Waals surface area contributed by atoms with Crippen molar-refractivity contribution in [1.29, 1.82) is 0 Å². The minimum Gasteiger partial charge on any atom is -0.399 e. The van der Waals surface area contributed by atoms with Gasteiger partial charge in [-0.15, -0.1) is 0 Å². The number of hydrogen-bond acceptors (Lipinski definition) is 4. The summed E-state index contributed by atoms with van der Waals surface area (Å²) in [5, 5.41) is 0. The standard InChI is InChI=1S/C16H23N3O2/c17-14-3-1-2-13(12-14)16(20)19-8-6-18(7-9-19)15-4-10-21-11-5-15/h1-3,12,15H,4-11,17H2. The molecule has 1 aromatic rings. The number of ether oxygens (including phenoxy) is 1. The number of rotatable bonds is 2. The lowest BCUT2D eigenvalue weighted by atomic mass is 10.1. The van der Waals surface area contributed by atoms with E-state index in [9.17, 15) is 4.79 Å². The molecule has 2 N–H and O–H groups in total. The fourth-order valence-corrected chi connectivity index (χ4v) is 3.19. The first kappa shape index (κ1) is 14.4. The summed E-state index contributed by atoms with van der Waals surface area (Å²) in [5.74, 6) is 0.0916. The second-order valence-electron chi connectivity index (χ2n) is 5.80. The van der Waals surface area contributed by atoms with E-state index in [0.717, 1.165) is 52.2 Å². The summed E-state index contributed by atoms with van der Waals surface area (Å²) < 4.78 is 5.42. The Morgan fingerprint density at radius 2 is 1.86 bits per heavy atom. The highest BCUT2D eigenvalue weighted by molar-refractivity contribution is 5.95. The van der Waals surface area contributed by atoms with Crippen LogP contribution in [-0.2, 0) is 4.74 Å². The van der Waals surface area contributed by atoms with Crippen molar-refractivity contribution in [3.8, 4) is 0 Å². The van der Waals surface area contributed by atoms with Crippen LogP contribution < -0.4 is 5.73 Å². The van der Waals surface area contributed by atoms with Crippen molar-refractivity contribution in [2.75, 3.05) is 45.1 Å². The van der Waals surface area contributed by atoms with Crippen LogP contribution in [0.2, 0.25) is 0 Å². The SMILES string of the molecule is Nc1cccc(C(=O)N2CCN(C3CCOCC3)CC2)c1. The van der Waals surface area contributed by atoms with Gasteiger partial charge < -0.3 is 15.4 Å². The van der Waals surface area contributed by atoms with Gasteiger partial charge in [-0.25, -0.2) is 0 Å². The molecule has 0 radical (unpaired) electrons. The first-order chi connectivity index (χ1) is 10.2. The van der Waals surface area contributed by atoms with Gasteiger partial charge in [0.25, 0.3) is 5.91 Å². The first-order valence-corrected chi connectivity index (χ1v) is 7.70. The largest absolute Gasteiger partial charge is 0.399 e. The average molecular weight is 289 g/mol. The Morgan fingerprint density at radius 3 is 2.52 bits per heavy atom. The molecule has 2 aliphatic rings. The quantitative estimate of drug-likeness (QED) is 0.831. The highest BCUT2D eigenvalue weighted by atomic mass is 16.5. The molecule has 2 saturated heterocycles. The van der Waals surface area contributed by atoms with Crippen LogP contribution in [0.25, 0.3) is 0 Å². The van der Waals surface area contributed by atoms with E-state index in [1.54, 1.807) is 12.1 Å². The van der Waals surface area contributed by atoms with Gasteiger partial charge in [-0.05, 0) is 31.0 Å². The molecule has 0 saturated carbocycles. The fourth-order valence-electron chi connectivity index (χ4n) is 3.19. The Bertz CT molecular complexity index is 492. The molecule has 0 aliphatic carbocycles. The van der Waals surface area contributed by atoms with Crippen molar-refractivity contribution in [1.82, 2.24) is 9.80 Å². The number of carbonyl (C=O) groups is 1. The Morgan fingerprint density at radius 1 is 1.14 bits per heavy atom. The monoisotopic (exact) mass is 289 g/mol. The van der Waals surface area contributed by atoms with Crippen LogP contribution in [0.4, 0.5) is 5.69 Å². The maximum Gasteiger partial charge on any atom is 0.254 e. The molecule has 1 amide bonds. The van der Waals surface area contributed by atoms with Gasteiger partial charge in [0.05, 0.1) is 0 Å². The number of nitrogens with zero attached hydrogens (tertiary/aromatic N) is 2. The highest BCUT2D eigenvalue weighted by Gasteiger charge is 2.27. The molecule has 5 nitrogen and oxygen atoms in total. The van der Waals surface area contributed by atoms with Crippen LogP contribution in [0, 0.1) is 0 Å². The number of piperazine rings is 1. The molecule has 0 atom stereocenters. The smallest absolute Gasteiger partial charge is 0.254 e. The van der Waals surface area contributed by atoms with E-state index in [0.29, 0.717) is 17.3 Å². The van der Waals surface area contributed by atoms with Gasteiger partial charge in [0.1, 0.15) is 0 Å². The van der Waals surface area contributed by atoms with E-state index >= 15 is 0 Å². The van der Waals surface area contributed by atoms with Crippen LogP contribution >= 0.6 is 0 Å². The van der Waals surface area contributed by atoms with Crippen molar-refractivity contribution >= 4 is 11.6 Å². The zero-order valence-corrected chi connectivity index (χ0v) is 12.3. The second-order valence-corrected chi connectivity index (χ2v) is 5.80. The third-order valence-corrected chi connectivity index (χ3v) is 4.44. The fraction of sp³-hybridized carbons (Fsp3) is 0.562. The van der Waals surface area contributed by atoms with Crippen molar-refractivity contribution in [3.63, 3.8) is 0 Å². The van der Waals surface area contributed by atoms with Crippen LogP contribution in [0.3, 0.4) is 0 Å². The lowest BCUT2D eigenvalue weighted by molar-refractivity contribution is 0.0137. The van der Waals surface area contributed by atoms with Crippen LogP contribution in [0.15, 0.2) is 24.3 Å². The summed E-state index contributed by atoms with van der Waals surface area (Å²) in [6.45, 7) is 5.24. The Hall–Kier alpha value is -1.59. The summed E-state index contributed by atoms with van der Waals surface area (Å²) in [4.78, 5) is 16.9. The minimum atomic E-state index is 0.0916. The molecule has 3 rings (SSSR count). The number of amides is 1. The Labute approximate surface area is 125 Å². The minimum absolute atomic E-state index is 0.0916. The van der Waals surface area contributed by atoms with Crippen molar-refractivity contribution in [2.45, 2.75) is 18.9 Å². The van der Waals surface area contributed by atoms with Gasteiger partial charge >= 0.3 is 0 Å². The molecule has 0 bridgehead atoms. The van der Waals surface area contributed by atoms with Gasteiger partial charge in [-0.3, -0.25) is 9.69 Å². The molecular weight excluding hydrogens is 266 g/mol. The summed E-state index contributed by atoms with van der Waals surface area (Å²) in [6.07, 6.45) is 2.23. The van der Waals surface area contributed by atoms with Crippen LogP contribution in [-0.4, -0.2) is 61.1 Å². The number of benzene rings is 1. The maximum absolute atomic E-state index is 12.5. The maximum atomic E-state index is 12.5. The van der Waals surface area contributed by atoms with Gasteiger partial charge in [-0.1, -0.05) is 6.07 Å². The number of nitrogen functional groups attached to an aromatic ring is 1. The predicted octanol–water partition coefficient (Wildman–Crippen LogP) is 1.21. The molecule has 2 heterocycles. The van der Waals surface area contributed by atoms with Gasteiger partial charge in [0, 0.05) is 56.7 Å². The Balaban J connectivity index is 1.56. The molecular formula is C16H23N3O2. The van der Waals surface area contributed by atoms with E-state index in [-0.39, 0.29) is 5.91 Å². The molecule has 2 fully saturated rings. The highest BCUT2D eigenvalue weighted by Crippen LogP contribution is 2.18. The summed E-state index contributed by atoms with van der Waals surface area (Å²) >= 11 is 0. The second kappa shape index (κ2) is 6.45. The van der Waals surface area contributed by atoms with E-state index in [1.807, 2.05) is 17.0 Å². The topological polar surface area (TPSA) is 58.8 Å². The van der Waals surface area contributed by atoms with Crippen LogP contribution in [0.1, 0.15) is 23.2 Å². The third-order valence-electron chi connectivity index (χ3n) is 4.44. The normalized spacial score (nSPS) is 21.4.